The van der Waals surface area contributed by atoms with E-state index in [0.717, 1.165) is 5.75 Å². The first-order valence-corrected chi connectivity index (χ1v) is 6.63. The van der Waals surface area contributed by atoms with E-state index in [4.69, 9.17) is 22.3 Å². The van der Waals surface area contributed by atoms with Gasteiger partial charge in [-0.25, -0.2) is 0 Å². The van der Waals surface area contributed by atoms with E-state index in [2.05, 4.69) is 19.0 Å². The molecule has 0 N–H and O–H groups in total. The molecule has 104 valence electrons. The largest absolute Gasteiger partial charge is 0.481 e. The van der Waals surface area contributed by atoms with Crippen molar-refractivity contribution in [3.05, 3.63) is 59.7 Å². The minimum Gasteiger partial charge on any atom is -0.481 e. The lowest BCUT2D eigenvalue weighted by Gasteiger charge is -2.13. The minimum absolute atomic E-state index is 0.270. The molecule has 2 heteroatoms. The molecule has 0 aliphatic heterocycles. The van der Waals surface area contributed by atoms with Gasteiger partial charge in [0.1, 0.15) is 24.2 Å². The Morgan fingerprint density at radius 3 is 1.90 bits per heavy atom. The van der Waals surface area contributed by atoms with Gasteiger partial charge in [-0.05, 0) is 35.4 Å². The second-order valence-corrected chi connectivity index (χ2v) is 4.57. The molecule has 2 aromatic rings. The Morgan fingerprint density at radius 1 is 0.905 bits per heavy atom. The van der Waals surface area contributed by atoms with Gasteiger partial charge >= 0.3 is 0 Å². The van der Waals surface area contributed by atoms with E-state index in [1.807, 2.05) is 48.5 Å². The van der Waals surface area contributed by atoms with E-state index in [0.29, 0.717) is 5.75 Å². The Balaban J connectivity index is 2.10. The Kier molecular flexibility index (Phi) is 4.91. The lowest BCUT2D eigenvalue weighted by molar-refractivity contribution is 0.370. The maximum atomic E-state index is 5.37. The first-order valence-electron chi connectivity index (χ1n) is 6.63. The van der Waals surface area contributed by atoms with Crippen LogP contribution in [0.3, 0.4) is 0 Å². The smallest absolute Gasteiger partial charge is 0.148 e. The van der Waals surface area contributed by atoms with Gasteiger partial charge < -0.3 is 9.47 Å². The fourth-order valence-corrected chi connectivity index (χ4v) is 2.06. The monoisotopic (exact) mass is 276 g/mol. The van der Waals surface area contributed by atoms with Gasteiger partial charge in [0, 0.05) is 5.92 Å². The number of terminal acetylenes is 2. The molecule has 0 spiro atoms. The van der Waals surface area contributed by atoms with Crippen LogP contribution in [0, 0.1) is 24.9 Å². The van der Waals surface area contributed by atoms with E-state index in [1.165, 1.54) is 11.1 Å². The first-order chi connectivity index (χ1) is 10.2. The van der Waals surface area contributed by atoms with Crippen LogP contribution in [0.25, 0.3) is 0 Å². The van der Waals surface area contributed by atoms with Crippen molar-refractivity contribution in [1.29, 1.82) is 0 Å². The van der Waals surface area contributed by atoms with Crippen molar-refractivity contribution in [2.45, 2.75) is 12.8 Å². The Hall–Kier alpha value is -2.84. The van der Waals surface area contributed by atoms with Crippen molar-refractivity contribution in [1.82, 2.24) is 0 Å². The van der Waals surface area contributed by atoms with E-state index >= 15 is 0 Å². The van der Waals surface area contributed by atoms with Crippen LogP contribution in [0.4, 0.5) is 0 Å². The highest BCUT2D eigenvalue weighted by Crippen LogP contribution is 2.27. The summed E-state index contributed by atoms with van der Waals surface area (Å²) in [4.78, 5) is 0. The normalized spacial score (nSPS) is 11.0. The molecule has 2 aromatic carbocycles. The summed E-state index contributed by atoms with van der Waals surface area (Å²) in [6.07, 6.45) is 12.4. The van der Waals surface area contributed by atoms with Crippen LogP contribution in [0.15, 0.2) is 48.5 Å². The Morgan fingerprint density at radius 2 is 1.43 bits per heavy atom. The topological polar surface area (TPSA) is 18.5 Å². The molecule has 2 rings (SSSR count). The fourth-order valence-electron chi connectivity index (χ4n) is 2.06. The quantitative estimate of drug-likeness (QED) is 0.773. The predicted molar refractivity (Wildman–Crippen MR) is 84.2 cm³/mol. The molecule has 1 atom stereocenters. The van der Waals surface area contributed by atoms with Crippen LogP contribution in [-0.4, -0.2) is 6.61 Å². The lowest BCUT2D eigenvalue weighted by atomic mass is 9.93. The maximum Gasteiger partial charge on any atom is 0.148 e. The molecular weight excluding hydrogens is 260 g/mol. The molecule has 21 heavy (non-hydrogen) atoms. The summed E-state index contributed by atoms with van der Waals surface area (Å²) in [6, 6.07) is 15.7. The molecule has 1 unspecified atom stereocenters. The molecule has 0 heterocycles. The van der Waals surface area contributed by atoms with Gasteiger partial charge in [-0.1, -0.05) is 43.5 Å². The number of hydrogen-bond acceptors (Lipinski definition) is 2. The van der Waals surface area contributed by atoms with E-state index < -0.39 is 0 Å². The summed E-state index contributed by atoms with van der Waals surface area (Å²) in [5.41, 5.74) is 2.39. The summed E-state index contributed by atoms with van der Waals surface area (Å²) < 4.78 is 10.4. The Bertz CT molecular complexity index is 655. The molecule has 0 bridgehead atoms. The first kappa shape index (κ1) is 14.6. The molecule has 0 saturated heterocycles. The summed E-state index contributed by atoms with van der Waals surface area (Å²) >= 11 is 0. The van der Waals surface area contributed by atoms with Crippen molar-refractivity contribution in [3.8, 4) is 36.4 Å². The summed E-state index contributed by atoms with van der Waals surface area (Å²) in [6.45, 7) is 2.43. The van der Waals surface area contributed by atoms with E-state index in [1.54, 1.807) is 0 Å². The molecule has 0 aliphatic carbocycles. The van der Waals surface area contributed by atoms with Crippen LogP contribution in [0.2, 0.25) is 0 Å². The van der Waals surface area contributed by atoms with Crippen LogP contribution in [-0.2, 0) is 0 Å². The van der Waals surface area contributed by atoms with E-state index in [-0.39, 0.29) is 12.5 Å². The SMILES string of the molecule is C#CCOc1ccc(C(C)c2ccc(OC#C)cc2)cc1. The number of benzene rings is 2. The maximum absolute atomic E-state index is 5.37. The number of ether oxygens (including phenoxy) is 2. The van der Waals surface area contributed by atoms with E-state index in [9.17, 15) is 0 Å². The molecule has 0 fully saturated rings. The zero-order chi connectivity index (χ0) is 15.1. The minimum atomic E-state index is 0.270. The highest BCUT2D eigenvalue weighted by molar-refractivity contribution is 5.38. The summed E-state index contributed by atoms with van der Waals surface area (Å²) in [7, 11) is 0. The van der Waals surface area contributed by atoms with Crippen molar-refractivity contribution in [2.24, 2.45) is 0 Å². The average Bonchev–Trinajstić information content (AvgIpc) is 2.54. The molecule has 0 radical (unpaired) electrons. The van der Waals surface area contributed by atoms with Gasteiger partial charge in [-0.2, -0.15) is 0 Å². The summed E-state index contributed by atoms with van der Waals surface area (Å²) in [5.74, 6) is 4.17. The van der Waals surface area contributed by atoms with Crippen molar-refractivity contribution < 1.29 is 9.47 Å². The zero-order valence-corrected chi connectivity index (χ0v) is 11.9. The third-order valence-electron chi connectivity index (χ3n) is 3.26. The van der Waals surface area contributed by atoms with Crippen molar-refractivity contribution >= 4 is 0 Å². The third kappa shape index (κ3) is 3.81. The second kappa shape index (κ2) is 7.08. The highest BCUT2D eigenvalue weighted by Gasteiger charge is 2.08. The van der Waals surface area contributed by atoms with Crippen molar-refractivity contribution in [2.75, 3.05) is 6.61 Å². The molecule has 0 aliphatic rings. The molecule has 0 saturated carbocycles. The molecular formula is C19H16O2. The van der Waals surface area contributed by atoms with Gasteiger partial charge in [0.05, 0.1) is 0 Å². The van der Waals surface area contributed by atoms with Gasteiger partial charge in [0.15, 0.2) is 0 Å². The molecule has 0 aromatic heterocycles. The molecule has 0 amide bonds. The van der Waals surface area contributed by atoms with Gasteiger partial charge in [-0.3, -0.25) is 0 Å². The van der Waals surface area contributed by atoms with Crippen LogP contribution >= 0.6 is 0 Å². The highest BCUT2D eigenvalue weighted by atomic mass is 16.5. The lowest BCUT2D eigenvalue weighted by Crippen LogP contribution is -1.97. The fraction of sp³-hybridized carbons (Fsp3) is 0.158. The third-order valence-corrected chi connectivity index (χ3v) is 3.26. The zero-order valence-electron chi connectivity index (χ0n) is 11.9. The number of hydrogen-bond donors (Lipinski definition) is 0. The average molecular weight is 276 g/mol. The second-order valence-electron chi connectivity index (χ2n) is 4.57. The van der Waals surface area contributed by atoms with Gasteiger partial charge in [0.25, 0.3) is 0 Å². The Labute approximate surface area is 125 Å². The number of rotatable bonds is 5. The molecule has 2 nitrogen and oxygen atoms in total. The van der Waals surface area contributed by atoms with Gasteiger partial charge in [0.2, 0.25) is 0 Å². The van der Waals surface area contributed by atoms with Gasteiger partial charge in [-0.15, -0.1) is 6.42 Å². The summed E-state index contributed by atoms with van der Waals surface area (Å²) in [5, 5.41) is 0. The standard InChI is InChI=1S/C19H16O2/c1-4-14-21-19-12-8-17(9-13-19)15(3)16-6-10-18(11-7-16)20-5-2/h1-2,6-13,15H,14H2,3H3. The van der Waals surface area contributed by atoms with Crippen molar-refractivity contribution in [3.63, 3.8) is 0 Å². The van der Waals surface area contributed by atoms with Crippen LogP contribution < -0.4 is 9.47 Å². The van der Waals surface area contributed by atoms with Crippen LogP contribution in [0.5, 0.6) is 11.5 Å². The van der Waals surface area contributed by atoms with Crippen LogP contribution in [0.1, 0.15) is 24.0 Å². The predicted octanol–water partition coefficient (Wildman–Crippen LogP) is 3.82.